The van der Waals surface area contributed by atoms with Crippen LogP contribution in [-0.2, 0) is 0 Å². The second kappa shape index (κ2) is 8.33. The Morgan fingerprint density at radius 1 is 1.14 bits per heavy atom. The topological polar surface area (TPSA) is 138 Å². The highest BCUT2D eigenvalue weighted by atomic mass is 16.5. The predicted octanol–water partition coefficient (Wildman–Crippen LogP) is 2.76. The third-order valence-electron chi connectivity index (χ3n) is 4.21. The average Bonchev–Trinajstić information content (AvgIpc) is 3.22. The molecule has 0 bridgehead atoms. The van der Waals surface area contributed by atoms with Crippen LogP contribution in [-0.4, -0.2) is 38.3 Å². The van der Waals surface area contributed by atoms with Crippen molar-refractivity contribution in [1.29, 1.82) is 5.26 Å². The SMILES string of the molecule is N#Cc1cnc(Nc2cc(-c3c(OCCCN)ccc4cccnc34)[nH]n2)cn1. The number of hydrogen-bond acceptors (Lipinski definition) is 8. The summed E-state index contributed by atoms with van der Waals surface area (Å²) in [5.74, 6) is 1.75. The van der Waals surface area contributed by atoms with Crippen LogP contribution in [0.5, 0.6) is 5.75 Å². The van der Waals surface area contributed by atoms with Crippen molar-refractivity contribution in [3.63, 3.8) is 0 Å². The molecular weight excluding hydrogens is 368 g/mol. The van der Waals surface area contributed by atoms with E-state index >= 15 is 0 Å². The summed E-state index contributed by atoms with van der Waals surface area (Å²) in [5.41, 5.74) is 8.22. The number of benzene rings is 1. The highest BCUT2D eigenvalue weighted by Crippen LogP contribution is 2.36. The Balaban J connectivity index is 1.68. The van der Waals surface area contributed by atoms with E-state index in [1.54, 1.807) is 6.20 Å². The number of ether oxygens (including phenoxy) is 1. The van der Waals surface area contributed by atoms with Gasteiger partial charge in [-0.3, -0.25) is 10.1 Å². The zero-order valence-electron chi connectivity index (χ0n) is 15.5. The highest BCUT2D eigenvalue weighted by Gasteiger charge is 2.15. The zero-order chi connectivity index (χ0) is 20.1. The normalized spacial score (nSPS) is 10.6. The smallest absolute Gasteiger partial charge is 0.158 e. The Morgan fingerprint density at radius 3 is 2.86 bits per heavy atom. The second-order valence-electron chi connectivity index (χ2n) is 6.20. The molecule has 0 radical (unpaired) electrons. The molecule has 4 N–H and O–H groups in total. The van der Waals surface area contributed by atoms with Crippen molar-refractivity contribution in [3.05, 3.63) is 54.6 Å². The summed E-state index contributed by atoms with van der Waals surface area (Å²) in [7, 11) is 0. The fraction of sp³-hybridized carbons (Fsp3) is 0.150. The monoisotopic (exact) mass is 386 g/mol. The maximum absolute atomic E-state index is 8.82. The van der Waals surface area contributed by atoms with E-state index in [0.29, 0.717) is 30.5 Å². The number of nitrogens with zero attached hydrogens (tertiary/aromatic N) is 5. The van der Waals surface area contributed by atoms with E-state index in [-0.39, 0.29) is 5.69 Å². The van der Waals surface area contributed by atoms with Crippen LogP contribution in [0.2, 0.25) is 0 Å². The van der Waals surface area contributed by atoms with Crippen LogP contribution >= 0.6 is 0 Å². The van der Waals surface area contributed by atoms with Crippen LogP contribution in [0.4, 0.5) is 11.6 Å². The summed E-state index contributed by atoms with van der Waals surface area (Å²) in [5, 5.41) is 20.2. The lowest BCUT2D eigenvalue weighted by atomic mass is 10.1. The van der Waals surface area contributed by atoms with E-state index in [9.17, 15) is 0 Å². The first-order chi connectivity index (χ1) is 14.3. The molecule has 0 aliphatic rings. The lowest BCUT2D eigenvalue weighted by Gasteiger charge is -2.12. The van der Waals surface area contributed by atoms with Gasteiger partial charge in [-0.2, -0.15) is 10.4 Å². The second-order valence-corrected chi connectivity index (χ2v) is 6.20. The molecule has 0 aliphatic carbocycles. The summed E-state index contributed by atoms with van der Waals surface area (Å²) in [4.78, 5) is 12.7. The molecule has 0 saturated carbocycles. The van der Waals surface area contributed by atoms with Gasteiger partial charge in [0, 0.05) is 17.6 Å². The Hall–Kier alpha value is -4.03. The zero-order valence-corrected chi connectivity index (χ0v) is 15.5. The third kappa shape index (κ3) is 3.97. The molecule has 0 fully saturated rings. The van der Waals surface area contributed by atoms with Crippen molar-refractivity contribution in [3.8, 4) is 23.1 Å². The first-order valence-corrected chi connectivity index (χ1v) is 9.04. The number of nitrogens with one attached hydrogen (secondary N) is 2. The Bertz CT molecular complexity index is 1160. The number of pyridine rings is 1. The molecule has 0 atom stereocenters. The van der Waals surface area contributed by atoms with Gasteiger partial charge in [-0.25, -0.2) is 9.97 Å². The maximum atomic E-state index is 8.82. The molecule has 1 aromatic carbocycles. The molecule has 4 aromatic rings. The first-order valence-electron chi connectivity index (χ1n) is 9.04. The minimum absolute atomic E-state index is 0.249. The van der Waals surface area contributed by atoms with Crippen molar-refractivity contribution >= 4 is 22.5 Å². The summed E-state index contributed by atoms with van der Waals surface area (Å²) in [6.07, 6.45) is 5.38. The molecule has 144 valence electrons. The first kappa shape index (κ1) is 18.3. The molecule has 9 heteroatoms. The summed E-state index contributed by atoms with van der Waals surface area (Å²) in [6.45, 7) is 1.08. The van der Waals surface area contributed by atoms with Gasteiger partial charge in [-0.05, 0) is 31.2 Å². The molecule has 0 spiro atoms. The van der Waals surface area contributed by atoms with E-state index in [0.717, 1.165) is 28.6 Å². The van der Waals surface area contributed by atoms with Crippen LogP contribution < -0.4 is 15.8 Å². The predicted molar refractivity (Wildman–Crippen MR) is 109 cm³/mol. The van der Waals surface area contributed by atoms with Crippen molar-refractivity contribution in [2.75, 3.05) is 18.5 Å². The fourth-order valence-electron chi connectivity index (χ4n) is 2.87. The number of aromatic amines is 1. The molecule has 0 aliphatic heterocycles. The van der Waals surface area contributed by atoms with Gasteiger partial charge in [-0.1, -0.05) is 6.07 Å². The van der Waals surface area contributed by atoms with Crippen LogP contribution in [0, 0.1) is 11.3 Å². The van der Waals surface area contributed by atoms with Gasteiger partial charge >= 0.3 is 0 Å². The largest absolute Gasteiger partial charge is 0.493 e. The number of nitrogens with two attached hydrogens (primary N) is 1. The Kier molecular flexibility index (Phi) is 5.27. The Morgan fingerprint density at radius 2 is 2.07 bits per heavy atom. The molecule has 0 unspecified atom stereocenters. The molecule has 0 amide bonds. The van der Waals surface area contributed by atoms with E-state index in [2.05, 4.69) is 30.5 Å². The number of aromatic nitrogens is 5. The lowest BCUT2D eigenvalue weighted by Crippen LogP contribution is -2.06. The quantitative estimate of drug-likeness (QED) is 0.412. The van der Waals surface area contributed by atoms with Gasteiger partial charge in [0.2, 0.25) is 0 Å². The van der Waals surface area contributed by atoms with Crippen LogP contribution in [0.15, 0.2) is 48.9 Å². The van der Waals surface area contributed by atoms with Gasteiger partial charge in [-0.15, -0.1) is 0 Å². The number of fused-ring (bicyclic) bond motifs is 1. The number of rotatable bonds is 7. The van der Waals surface area contributed by atoms with Crippen LogP contribution in [0.1, 0.15) is 12.1 Å². The van der Waals surface area contributed by atoms with E-state index in [1.165, 1.54) is 12.4 Å². The van der Waals surface area contributed by atoms with E-state index in [4.69, 9.17) is 15.7 Å². The van der Waals surface area contributed by atoms with Crippen molar-refractivity contribution in [2.24, 2.45) is 5.73 Å². The van der Waals surface area contributed by atoms with E-state index < -0.39 is 0 Å². The number of anilines is 2. The van der Waals surface area contributed by atoms with Crippen molar-refractivity contribution in [1.82, 2.24) is 25.1 Å². The standard InChI is InChI=1S/C20H18N8O/c21-6-2-8-29-16-5-4-13-3-1-7-23-20(13)19(16)15-9-17(28-27-15)26-18-12-24-14(10-22)11-25-18/h1,3-5,7,9,11-12H,2,6,8,21H2,(H2,25,26,27,28). The van der Waals surface area contributed by atoms with Crippen molar-refractivity contribution < 1.29 is 4.74 Å². The summed E-state index contributed by atoms with van der Waals surface area (Å²) < 4.78 is 5.95. The van der Waals surface area contributed by atoms with Crippen LogP contribution in [0.25, 0.3) is 22.2 Å². The minimum atomic E-state index is 0.249. The Labute approximate surface area is 166 Å². The molecular formula is C20H18N8O. The van der Waals surface area contributed by atoms with E-state index in [1.807, 2.05) is 36.4 Å². The molecule has 29 heavy (non-hydrogen) atoms. The summed E-state index contributed by atoms with van der Waals surface area (Å²) in [6, 6.07) is 11.6. The van der Waals surface area contributed by atoms with Crippen LogP contribution in [0.3, 0.4) is 0 Å². The third-order valence-corrected chi connectivity index (χ3v) is 4.21. The lowest BCUT2D eigenvalue weighted by molar-refractivity contribution is 0.315. The molecule has 0 saturated heterocycles. The van der Waals surface area contributed by atoms with Gasteiger partial charge < -0.3 is 15.8 Å². The van der Waals surface area contributed by atoms with Gasteiger partial charge in [0.1, 0.15) is 17.6 Å². The van der Waals surface area contributed by atoms with Gasteiger partial charge in [0.25, 0.3) is 0 Å². The number of nitriles is 1. The molecule has 4 rings (SSSR count). The highest BCUT2D eigenvalue weighted by molar-refractivity contribution is 5.96. The van der Waals surface area contributed by atoms with Gasteiger partial charge in [0.15, 0.2) is 11.5 Å². The number of hydrogen-bond donors (Lipinski definition) is 3. The maximum Gasteiger partial charge on any atom is 0.158 e. The minimum Gasteiger partial charge on any atom is -0.493 e. The molecule has 3 heterocycles. The molecule has 3 aromatic heterocycles. The van der Waals surface area contributed by atoms with Crippen molar-refractivity contribution in [2.45, 2.75) is 6.42 Å². The molecule has 9 nitrogen and oxygen atoms in total. The fourth-order valence-corrected chi connectivity index (χ4v) is 2.87. The number of H-pyrrole nitrogens is 1. The average molecular weight is 386 g/mol. The van der Waals surface area contributed by atoms with Gasteiger partial charge in [0.05, 0.1) is 35.8 Å². The summed E-state index contributed by atoms with van der Waals surface area (Å²) >= 11 is 0.